The molecule has 0 unspecified atom stereocenters. The average Bonchev–Trinajstić information content (AvgIpc) is 2.85. The van der Waals surface area contributed by atoms with E-state index < -0.39 is 0 Å². The standard InChI is InChI=1S/C18H20Cl2N2O3S/c1-2-26-16-15(13-4-3-12(19)11-14(13)20)17(23)22(18(16)24)6-5-21-7-9-25-10-8-21/h3-4,11H,2,5-10H2,1H3. The Balaban J connectivity index is 1.84. The number of hydrogen-bond donors (Lipinski definition) is 0. The highest BCUT2D eigenvalue weighted by atomic mass is 35.5. The van der Waals surface area contributed by atoms with Crippen molar-refractivity contribution in [3.63, 3.8) is 0 Å². The van der Waals surface area contributed by atoms with Crippen LogP contribution < -0.4 is 0 Å². The van der Waals surface area contributed by atoms with Crippen LogP contribution in [0.2, 0.25) is 10.0 Å². The van der Waals surface area contributed by atoms with Crippen LogP contribution in [0, 0.1) is 0 Å². The second kappa shape index (κ2) is 8.76. The van der Waals surface area contributed by atoms with Crippen molar-refractivity contribution in [3.8, 4) is 0 Å². The molecule has 8 heteroatoms. The third-order valence-corrected chi connectivity index (χ3v) is 5.86. The molecule has 0 saturated carbocycles. The monoisotopic (exact) mass is 414 g/mol. The van der Waals surface area contributed by atoms with E-state index >= 15 is 0 Å². The second-order valence-electron chi connectivity index (χ2n) is 5.98. The lowest BCUT2D eigenvalue weighted by atomic mass is 10.1. The third kappa shape index (κ3) is 4.10. The van der Waals surface area contributed by atoms with Gasteiger partial charge < -0.3 is 4.74 Å². The number of morpholine rings is 1. The van der Waals surface area contributed by atoms with Gasteiger partial charge in [-0.2, -0.15) is 0 Å². The first-order valence-corrected chi connectivity index (χ1v) is 10.3. The first-order chi connectivity index (χ1) is 12.5. The van der Waals surface area contributed by atoms with Gasteiger partial charge in [0.15, 0.2) is 0 Å². The number of carbonyl (C=O) groups is 2. The molecule has 0 spiro atoms. The van der Waals surface area contributed by atoms with Gasteiger partial charge >= 0.3 is 0 Å². The number of imide groups is 1. The Morgan fingerprint density at radius 3 is 2.50 bits per heavy atom. The van der Waals surface area contributed by atoms with Crippen molar-refractivity contribution >= 4 is 52.4 Å². The molecular formula is C18H20Cl2N2O3S. The fourth-order valence-electron chi connectivity index (χ4n) is 3.03. The zero-order valence-corrected chi connectivity index (χ0v) is 16.8. The molecule has 3 rings (SSSR count). The van der Waals surface area contributed by atoms with E-state index in [4.69, 9.17) is 27.9 Å². The van der Waals surface area contributed by atoms with Crippen LogP contribution in [-0.2, 0) is 14.3 Å². The number of carbonyl (C=O) groups excluding carboxylic acids is 2. The zero-order chi connectivity index (χ0) is 18.7. The highest BCUT2D eigenvalue weighted by Gasteiger charge is 2.39. The second-order valence-corrected chi connectivity index (χ2v) is 8.10. The Morgan fingerprint density at radius 2 is 1.85 bits per heavy atom. The minimum absolute atomic E-state index is 0.240. The lowest BCUT2D eigenvalue weighted by molar-refractivity contribution is -0.136. The van der Waals surface area contributed by atoms with Gasteiger partial charge in [-0.05, 0) is 17.9 Å². The van der Waals surface area contributed by atoms with Crippen LogP contribution in [0.4, 0.5) is 0 Å². The molecule has 0 radical (unpaired) electrons. The van der Waals surface area contributed by atoms with Crippen molar-refractivity contribution in [1.29, 1.82) is 0 Å². The van der Waals surface area contributed by atoms with Crippen LogP contribution in [0.5, 0.6) is 0 Å². The molecule has 0 N–H and O–H groups in total. The summed E-state index contributed by atoms with van der Waals surface area (Å²) < 4.78 is 5.33. The molecule has 2 amide bonds. The number of amides is 2. The van der Waals surface area contributed by atoms with Gasteiger partial charge in [0.25, 0.3) is 11.8 Å². The predicted molar refractivity (Wildman–Crippen MR) is 105 cm³/mol. The smallest absolute Gasteiger partial charge is 0.268 e. The Kier molecular flexibility index (Phi) is 6.64. The molecule has 1 saturated heterocycles. The lowest BCUT2D eigenvalue weighted by Gasteiger charge is -2.28. The number of ether oxygens (including phenoxy) is 1. The number of halogens is 2. The van der Waals surface area contributed by atoms with Crippen molar-refractivity contribution in [3.05, 3.63) is 38.7 Å². The van der Waals surface area contributed by atoms with Crippen LogP contribution >= 0.6 is 35.0 Å². The van der Waals surface area contributed by atoms with Crippen LogP contribution in [0.15, 0.2) is 23.1 Å². The Morgan fingerprint density at radius 1 is 1.12 bits per heavy atom. The van der Waals surface area contributed by atoms with Crippen LogP contribution in [0.3, 0.4) is 0 Å². The van der Waals surface area contributed by atoms with Crippen molar-refractivity contribution in [1.82, 2.24) is 9.80 Å². The quantitative estimate of drug-likeness (QED) is 0.669. The predicted octanol–water partition coefficient (Wildman–Crippen LogP) is 3.16. The molecule has 1 aromatic rings. The van der Waals surface area contributed by atoms with E-state index in [1.807, 2.05) is 6.92 Å². The maximum Gasteiger partial charge on any atom is 0.268 e. The third-order valence-electron chi connectivity index (χ3n) is 4.36. The highest BCUT2D eigenvalue weighted by molar-refractivity contribution is 8.04. The summed E-state index contributed by atoms with van der Waals surface area (Å²) in [4.78, 5) is 29.9. The number of thioether (sulfide) groups is 1. The minimum Gasteiger partial charge on any atom is -0.379 e. The van der Waals surface area contributed by atoms with E-state index in [1.54, 1.807) is 18.2 Å². The summed E-state index contributed by atoms with van der Waals surface area (Å²) >= 11 is 13.6. The first kappa shape index (κ1) is 19.7. The molecule has 2 heterocycles. The van der Waals surface area contributed by atoms with E-state index in [0.29, 0.717) is 58.1 Å². The fourth-order valence-corrected chi connectivity index (χ4v) is 4.40. The fraction of sp³-hybridized carbons (Fsp3) is 0.444. The van der Waals surface area contributed by atoms with Crippen LogP contribution in [0.25, 0.3) is 5.57 Å². The summed E-state index contributed by atoms with van der Waals surface area (Å²) in [6, 6.07) is 4.97. The van der Waals surface area contributed by atoms with Crippen molar-refractivity contribution in [2.24, 2.45) is 0 Å². The summed E-state index contributed by atoms with van der Waals surface area (Å²) in [5.74, 6) is 0.167. The number of benzene rings is 1. The topological polar surface area (TPSA) is 49.9 Å². The summed E-state index contributed by atoms with van der Waals surface area (Å²) in [6.07, 6.45) is 0. The molecule has 1 aromatic carbocycles. The Hall–Kier alpha value is -1.05. The van der Waals surface area contributed by atoms with Crippen LogP contribution in [0.1, 0.15) is 12.5 Å². The van der Waals surface area contributed by atoms with Gasteiger partial charge in [-0.3, -0.25) is 19.4 Å². The Labute approximate surface area is 167 Å². The van der Waals surface area contributed by atoms with Gasteiger partial charge in [0, 0.05) is 36.8 Å². The summed E-state index contributed by atoms with van der Waals surface area (Å²) in [5, 5.41) is 0.864. The minimum atomic E-state index is -0.288. The van der Waals surface area contributed by atoms with Crippen molar-refractivity contribution in [2.75, 3.05) is 45.1 Å². The van der Waals surface area contributed by atoms with E-state index in [-0.39, 0.29) is 11.8 Å². The summed E-state index contributed by atoms with van der Waals surface area (Å²) in [7, 11) is 0. The molecule has 0 atom stereocenters. The van der Waals surface area contributed by atoms with Crippen LogP contribution in [-0.4, -0.2) is 66.8 Å². The van der Waals surface area contributed by atoms with E-state index in [9.17, 15) is 9.59 Å². The maximum absolute atomic E-state index is 13.0. The molecule has 2 aliphatic rings. The largest absolute Gasteiger partial charge is 0.379 e. The molecule has 5 nitrogen and oxygen atoms in total. The summed E-state index contributed by atoms with van der Waals surface area (Å²) in [5.41, 5.74) is 0.935. The van der Waals surface area contributed by atoms with Crippen molar-refractivity contribution < 1.29 is 14.3 Å². The molecule has 0 bridgehead atoms. The first-order valence-electron chi connectivity index (χ1n) is 8.51. The molecule has 140 valence electrons. The molecule has 26 heavy (non-hydrogen) atoms. The number of nitrogens with zero attached hydrogens (tertiary/aromatic N) is 2. The van der Waals surface area contributed by atoms with Gasteiger partial charge in [-0.15, -0.1) is 11.8 Å². The average molecular weight is 415 g/mol. The summed E-state index contributed by atoms with van der Waals surface area (Å²) in [6.45, 7) is 5.96. The molecule has 0 aromatic heterocycles. The van der Waals surface area contributed by atoms with Gasteiger partial charge in [-0.1, -0.05) is 36.2 Å². The van der Waals surface area contributed by atoms with E-state index in [2.05, 4.69) is 4.90 Å². The zero-order valence-electron chi connectivity index (χ0n) is 14.5. The normalized spacial score (nSPS) is 19.0. The lowest BCUT2D eigenvalue weighted by Crippen LogP contribution is -2.43. The highest BCUT2D eigenvalue weighted by Crippen LogP contribution is 2.39. The molecule has 1 fully saturated rings. The van der Waals surface area contributed by atoms with Gasteiger partial charge in [0.05, 0.1) is 28.7 Å². The maximum atomic E-state index is 13.0. The molecular weight excluding hydrogens is 395 g/mol. The van der Waals surface area contributed by atoms with E-state index in [0.717, 1.165) is 13.1 Å². The van der Waals surface area contributed by atoms with Gasteiger partial charge in [0.1, 0.15) is 0 Å². The van der Waals surface area contributed by atoms with E-state index in [1.165, 1.54) is 16.7 Å². The van der Waals surface area contributed by atoms with Gasteiger partial charge in [0.2, 0.25) is 0 Å². The molecule has 2 aliphatic heterocycles. The number of hydrogen-bond acceptors (Lipinski definition) is 5. The van der Waals surface area contributed by atoms with Crippen molar-refractivity contribution in [2.45, 2.75) is 6.92 Å². The Bertz CT molecular complexity index is 748. The number of rotatable bonds is 6. The molecule has 0 aliphatic carbocycles. The SMILES string of the molecule is CCSC1=C(c2ccc(Cl)cc2Cl)C(=O)N(CCN2CCOCC2)C1=O. The van der Waals surface area contributed by atoms with Gasteiger partial charge in [-0.25, -0.2) is 0 Å².